The molecule has 0 aliphatic carbocycles. The van der Waals surface area contributed by atoms with Crippen LogP contribution in [-0.2, 0) is 0 Å². The minimum atomic E-state index is 0.162. The van der Waals surface area contributed by atoms with E-state index in [-0.39, 0.29) is 5.94 Å². The van der Waals surface area contributed by atoms with E-state index in [4.69, 9.17) is 11.5 Å². The predicted molar refractivity (Wildman–Crippen MR) is 25.6 cm³/mol. The van der Waals surface area contributed by atoms with Crippen molar-refractivity contribution in [2.75, 3.05) is 6.54 Å². The second kappa shape index (κ2) is 2.24. The summed E-state index contributed by atoms with van der Waals surface area (Å²) in [5.41, 5.74) is 10.2. The molecule has 2 nitrogen and oxygen atoms in total. The molecule has 0 bridgehead atoms. The molecule has 5 heavy (non-hydrogen) atoms. The minimum Gasteiger partial charge on any atom is -0.334 e. The standard InChI is InChI=1S/C2H9BN2/c3-2(5)1-4/h2H,1,3-5H2. The highest BCUT2D eigenvalue weighted by Crippen LogP contribution is 1.50. The van der Waals surface area contributed by atoms with Crippen molar-refractivity contribution in [3.8, 4) is 0 Å². The lowest BCUT2D eigenvalue weighted by Crippen LogP contribution is -2.29. The van der Waals surface area contributed by atoms with Crippen molar-refractivity contribution >= 4 is 7.85 Å². The van der Waals surface area contributed by atoms with Gasteiger partial charge in [0.15, 0.2) is 0 Å². The van der Waals surface area contributed by atoms with E-state index < -0.39 is 0 Å². The van der Waals surface area contributed by atoms with Crippen LogP contribution in [0.3, 0.4) is 0 Å². The average molecular weight is 71.9 g/mol. The maximum absolute atomic E-state index is 5.17. The van der Waals surface area contributed by atoms with Gasteiger partial charge in [0.05, 0.1) is 0 Å². The van der Waals surface area contributed by atoms with E-state index in [1.54, 1.807) is 0 Å². The first kappa shape index (κ1) is 4.98. The van der Waals surface area contributed by atoms with Gasteiger partial charge in [-0.1, -0.05) is 0 Å². The summed E-state index contributed by atoms with van der Waals surface area (Å²) in [5, 5.41) is 0. The molecule has 0 spiro atoms. The van der Waals surface area contributed by atoms with E-state index in [0.29, 0.717) is 6.54 Å². The van der Waals surface area contributed by atoms with Gasteiger partial charge in [0.1, 0.15) is 7.85 Å². The summed E-state index contributed by atoms with van der Waals surface area (Å²) < 4.78 is 0. The van der Waals surface area contributed by atoms with Crippen molar-refractivity contribution in [3.63, 3.8) is 0 Å². The molecule has 0 aromatic carbocycles. The van der Waals surface area contributed by atoms with Crippen molar-refractivity contribution in [2.24, 2.45) is 11.5 Å². The maximum atomic E-state index is 5.17. The Morgan fingerprint density at radius 3 is 2.00 bits per heavy atom. The molecule has 0 saturated carbocycles. The van der Waals surface area contributed by atoms with Gasteiger partial charge in [0.2, 0.25) is 0 Å². The first-order valence-corrected chi connectivity index (χ1v) is 1.73. The van der Waals surface area contributed by atoms with E-state index in [1.165, 1.54) is 0 Å². The quantitative estimate of drug-likeness (QED) is 0.347. The fourth-order valence-electron chi connectivity index (χ4n) is 0. The molecule has 0 saturated heterocycles. The predicted octanol–water partition coefficient (Wildman–Crippen LogP) is -2.14. The van der Waals surface area contributed by atoms with Crippen LogP contribution in [0.15, 0.2) is 0 Å². The van der Waals surface area contributed by atoms with Crippen molar-refractivity contribution in [2.45, 2.75) is 5.94 Å². The SMILES string of the molecule is BC(N)CN. The number of nitrogens with two attached hydrogens (primary N) is 2. The zero-order valence-corrected chi connectivity index (χ0v) is 3.44. The highest BCUT2D eigenvalue weighted by Gasteiger charge is 1.80. The molecule has 0 aliphatic heterocycles. The summed E-state index contributed by atoms with van der Waals surface area (Å²) in [7, 11) is 1.88. The van der Waals surface area contributed by atoms with Gasteiger partial charge in [-0.05, 0) is 12.5 Å². The molecular formula is C2H9BN2. The monoisotopic (exact) mass is 72.1 g/mol. The van der Waals surface area contributed by atoms with Gasteiger partial charge < -0.3 is 11.5 Å². The molecule has 0 heterocycles. The summed E-state index contributed by atoms with van der Waals surface area (Å²) in [4.78, 5) is 0. The van der Waals surface area contributed by atoms with E-state index in [2.05, 4.69) is 0 Å². The van der Waals surface area contributed by atoms with E-state index in [0.717, 1.165) is 0 Å². The third kappa shape index (κ3) is 3.98. The van der Waals surface area contributed by atoms with Crippen LogP contribution in [0.5, 0.6) is 0 Å². The van der Waals surface area contributed by atoms with Gasteiger partial charge in [0.25, 0.3) is 0 Å². The Labute approximate surface area is 32.9 Å². The summed E-state index contributed by atoms with van der Waals surface area (Å²) in [6, 6.07) is 0. The summed E-state index contributed by atoms with van der Waals surface area (Å²) in [6.07, 6.45) is 0. The van der Waals surface area contributed by atoms with Crippen molar-refractivity contribution < 1.29 is 0 Å². The van der Waals surface area contributed by atoms with Crippen LogP contribution >= 0.6 is 0 Å². The van der Waals surface area contributed by atoms with Gasteiger partial charge in [-0.25, -0.2) is 0 Å². The van der Waals surface area contributed by atoms with E-state index in [1.807, 2.05) is 7.85 Å². The number of hydrogen-bond donors (Lipinski definition) is 2. The molecule has 0 aromatic rings. The molecule has 0 fully saturated rings. The molecule has 0 amide bonds. The fourth-order valence-corrected chi connectivity index (χ4v) is 0. The molecule has 1 unspecified atom stereocenters. The Kier molecular flexibility index (Phi) is 2.23. The third-order valence-electron chi connectivity index (χ3n) is 0.372. The molecule has 0 radical (unpaired) electrons. The van der Waals surface area contributed by atoms with Crippen LogP contribution in [0.4, 0.5) is 0 Å². The lowest BCUT2D eigenvalue weighted by atomic mass is 9.99. The number of hydrogen-bond acceptors (Lipinski definition) is 2. The summed E-state index contributed by atoms with van der Waals surface area (Å²) in [6.45, 7) is 0.583. The molecule has 4 N–H and O–H groups in total. The Hall–Kier alpha value is -0.0151. The van der Waals surface area contributed by atoms with Crippen molar-refractivity contribution in [1.29, 1.82) is 0 Å². The lowest BCUT2D eigenvalue weighted by molar-refractivity contribution is 0.900. The zero-order chi connectivity index (χ0) is 4.28. The molecule has 0 aliphatic rings. The van der Waals surface area contributed by atoms with Gasteiger partial charge in [-0.2, -0.15) is 0 Å². The highest BCUT2D eigenvalue weighted by molar-refractivity contribution is 6.11. The molecule has 0 rings (SSSR count). The number of rotatable bonds is 1. The first-order chi connectivity index (χ1) is 2.27. The largest absolute Gasteiger partial charge is 0.334 e. The second-order valence-corrected chi connectivity index (χ2v) is 1.21. The van der Waals surface area contributed by atoms with Crippen LogP contribution < -0.4 is 11.5 Å². The average Bonchev–Trinajstić information content (AvgIpc) is 1.38. The summed E-state index contributed by atoms with van der Waals surface area (Å²) >= 11 is 0. The molecule has 3 heteroatoms. The van der Waals surface area contributed by atoms with Crippen LogP contribution in [0, 0.1) is 0 Å². The van der Waals surface area contributed by atoms with Crippen LogP contribution in [-0.4, -0.2) is 20.3 Å². The molecular weight excluding hydrogens is 62.8 g/mol. The smallest absolute Gasteiger partial charge is 0.124 e. The Morgan fingerprint density at radius 1 is 1.80 bits per heavy atom. The van der Waals surface area contributed by atoms with Gasteiger partial charge in [-0.15, -0.1) is 0 Å². The normalized spacial score (nSPS) is 14.8. The maximum Gasteiger partial charge on any atom is 0.124 e. The highest BCUT2D eigenvalue weighted by atomic mass is 14.7. The Bertz CT molecular complexity index is 21.6. The Morgan fingerprint density at radius 2 is 2.00 bits per heavy atom. The van der Waals surface area contributed by atoms with E-state index in [9.17, 15) is 0 Å². The van der Waals surface area contributed by atoms with Crippen molar-refractivity contribution in [3.05, 3.63) is 0 Å². The zero-order valence-electron chi connectivity index (χ0n) is 3.44. The van der Waals surface area contributed by atoms with Crippen LogP contribution in [0.2, 0.25) is 0 Å². The van der Waals surface area contributed by atoms with E-state index >= 15 is 0 Å². The summed E-state index contributed by atoms with van der Waals surface area (Å²) in [5.74, 6) is 0.162. The van der Waals surface area contributed by atoms with Gasteiger partial charge in [0, 0.05) is 0 Å². The second-order valence-electron chi connectivity index (χ2n) is 1.21. The van der Waals surface area contributed by atoms with Crippen molar-refractivity contribution in [1.82, 2.24) is 0 Å². The molecule has 0 aromatic heterocycles. The fraction of sp³-hybridized carbons (Fsp3) is 1.00. The topological polar surface area (TPSA) is 52.0 Å². The Balaban J connectivity index is 2.54. The molecule has 1 atom stereocenters. The van der Waals surface area contributed by atoms with Gasteiger partial charge >= 0.3 is 0 Å². The third-order valence-corrected chi connectivity index (χ3v) is 0.372. The van der Waals surface area contributed by atoms with Crippen LogP contribution in [0.25, 0.3) is 0 Å². The van der Waals surface area contributed by atoms with Gasteiger partial charge in [-0.3, -0.25) is 0 Å². The first-order valence-electron chi connectivity index (χ1n) is 1.73. The molecule has 30 valence electrons. The lowest BCUT2D eigenvalue weighted by Gasteiger charge is -1.91. The minimum absolute atomic E-state index is 0.162. The van der Waals surface area contributed by atoms with Crippen LogP contribution in [0.1, 0.15) is 0 Å².